The molecule has 0 radical (unpaired) electrons. The van der Waals surface area contributed by atoms with Crippen LogP contribution in [0.2, 0.25) is 18.1 Å². The molecule has 0 spiro atoms. The first-order valence-corrected chi connectivity index (χ1v) is 14.4. The molecule has 0 saturated carbocycles. The quantitative estimate of drug-likeness (QED) is 0.227. The van der Waals surface area contributed by atoms with Crippen molar-refractivity contribution in [3.8, 4) is 0 Å². The first-order valence-electron chi connectivity index (χ1n) is 10.1. The number of aromatic nitrogens is 2. The first-order chi connectivity index (χ1) is 15.3. The van der Waals surface area contributed by atoms with E-state index in [0.717, 1.165) is 16.3 Å². The summed E-state index contributed by atoms with van der Waals surface area (Å²) in [5, 5.41) is 31.6. The topological polar surface area (TPSA) is 188 Å². The van der Waals surface area contributed by atoms with Crippen LogP contribution in [0, 0.1) is 27.2 Å². The molecule has 1 heterocycles. The number of hydrogen-bond donors (Lipinski definition) is 2. The average molecular weight is 519 g/mol. The lowest BCUT2D eigenvalue weighted by Crippen LogP contribution is -2.43. The molecule has 13 nitrogen and oxygen atoms in total. The molecule has 1 aromatic carbocycles. The molecule has 0 aliphatic heterocycles. The van der Waals surface area contributed by atoms with Gasteiger partial charge in [0.25, 0.3) is 10.1 Å². The minimum absolute atomic E-state index is 0.000373. The fraction of sp³-hybridized carbons (Fsp3) is 0.526. The second-order valence-corrected chi connectivity index (χ2v) is 15.3. The van der Waals surface area contributed by atoms with Gasteiger partial charge in [0.1, 0.15) is 6.10 Å². The minimum Gasteiger partial charge on any atom is -0.414 e. The van der Waals surface area contributed by atoms with Gasteiger partial charge in [-0.25, -0.2) is 4.57 Å². The number of hydrogen-bond acceptors (Lipinski definition) is 9. The Morgan fingerprint density at radius 3 is 2.09 bits per heavy atom. The van der Waals surface area contributed by atoms with E-state index in [9.17, 15) is 33.8 Å². The maximum Gasteiger partial charge on any atom is 0.439 e. The standard InChI is InChI=1S/C12H22N4O6Si.C7H8O3S/c1-12(2,3)23(4,5)22-8-9(17)6-14-7-10(15(18)19)13-11(14)16(20)21;1-6-2-4-7(5-3-6)11(8,9)10/h7,9,17H,6,8H2,1-5H3;2-5H,1H3,(H,8,9,10). The van der Waals surface area contributed by atoms with Crippen molar-refractivity contribution in [2.75, 3.05) is 6.61 Å². The number of aryl methyl sites for hydroxylation is 1. The Hall–Kier alpha value is -2.72. The number of nitrogens with zero attached hydrogens (tertiary/aromatic N) is 4. The molecule has 0 amide bonds. The smallest absolute Gasteiger partial charge is 0.414 e. The Morgan fingerprint density at radius 1 is 1.15 bits per heavy atom. The molecule has 2 N–H and O–H groups in total. The summed E-state index contributed by atoms with van der Waals surface area (Å²) in [4.78, 5) is 23.2. The maximum absolute atomic E-state index is 10.9. The molecule has 0 bridgehead atoms. The van der Waals surface area contributed by atoms with E-state index in [1.807, 2.05) is 20.0 Å². The van der Waals surface area contributed by atoms with E-state index in [1.54, 1.807) is 12.1 Å². The summed E-state index contributed by atoms with van der Waals surface area (Å²) in [6.07, 6.45) is -0.0927. The van der Waals surface area contributed by atoms with Gasteiger partial charge in [-0.15, -0.1) is 0 Å². The highest BCUT2D eigenvalue weighted by Gasteiger charge is 2.37. The van der Waals surface area contributed by atoms with Crippen molar-refractivity contribution in [3.05, 3.63) is 56.3 Å². The van der Waals surface area contributed by atoms with Gasteiger partial charge in [-0.1, -0.05) is 38.5 Å². The van der Waals surface area contributed by atoms with Crippen LogP contribution in [0.1, 0.15) is 26.3 Å². The van der Waals surface area contributed by atoms with Crippen LogP contribution in [0.25, 0.3) is 0 Å². The van der Waals surface area contributed by atoms with Gasteiger partial charge in [-0.05, 0) is 52.0 Å². The van der Waals surface area contributed by atoms with Crippen LogP contribution in [-0.4, -0.2) is 58.5 Å². The SMILES string of the molecule is CC(C)(C)[Si](C)(C)OCC(O)Cn1cc([N+](=O)[O-])nc1[N+](=O)[O-].Cc1ccc(S(=O)(=O)O)cc1. The summed E-state index contributed by atoms with van der Waals surface area (Å²) in [6, 6.07) is 5.99. The summed E-state index contributed by atoms with van der Waals surface area (Å²) < 4.78 is 36.3. The van der Waals surface area contributed by atoms with Crippen LogP contribution in [0.15, 0.2) is 35.4 Å². The molecule has 0 saturated heterocycles. The molecule has 2 aromatic rings. The lowest BCUT2D eigenvalue weighted by molar-refractivity contribution is -0.403. The van der Waals surface area contributed by atoms with Crippen LogP contribution in [0.5, 0.6) is 0 Å². The van der Waals surface area contributed by atoms with Gasteiger partial charge in [0, 0.05) is 0 Å². The van der Waals surface area contributed by atoms with Crippen LogP contribution in [0.4, 0.5) is 11.8 Å². The second-order valence-electron chi connectivity index (χ2n) is 9.08. The van der Waals surface area contributed by atoms with Gasteiger partial charge in [-0.2, -0.15) is 8.42 Å². The van der Waals surface area contributed by atoms with Crippen molar-refractivity contribution in [2.24, 2.45) is 0 Å². The highest BCUT2D eigenvalue weighted by molar-refractivity contribution is 7.85. The number of nitro groups is 2. The second kappa shape index (κ2) is 11.1. The Balaban J connectivity index is 0.000000437. The summed E-state index contributed by atoms with van der Waals surface area (Å²) in [7, 11) is -6.08. The molecular formula is C19H30N4O9SSi. The molecule has 0 fully saturated rings. The predicted molar refractivity (Wildman–Crippen MR) is 126 cm³/mol. The van der Waals surface area contributed by atoms with Crippen LogP contribution < -0.4 is 0 Å². The number of aliphatic hydroxyl groups excluding tert-OH is 1. The zero-order valence-electron chi connectivity index (χ0n) is 19.8. The van der Waals surface area contributed by atoms with E-state index >= 15 is 0 Å². The van der Waals surface area contributed by atoms with Crippen molar-refractivity contribution in [3.63, 3.8) is 0 Å². The van der Waals surface area contributed by atoms with Gasteiger partial charge >= 0.3 is 11.8 Å². The van der Waals surface area contributed by atoms with Crippen LogP contribution >= 0.6 is 0 Å². The summed E-state index contributed by atoms with van der Waals surface area (Å²) in [5.41, 5.74) is 0.956. The largest absolute Gasteiger partial charge is 0.439 e. The number of rotatable bonds is 8. The Morgan fingerprint density at radius 2 is 1.68 bits per heavy atom. The van der Waals surface area contributed by atoms with Gasteiger partial charge in [0.15, 0.2) is 14.5 Å². The van der Waals surface area contributed by atoms with Crippen LogP contribution in [-0.2, 0) is 21.1 Å². The maximum atomic E-state index is 10.9. The summed E-state index contributed by atoms with van der Waals surface area (Å²) >= 11 is 0. The highest BCUT2D eigenvalue weighted by Crippen LogP contribution is 2.36. The van der Waals surface area contributed by atoms with E-state index < -0.39 is 46.2 Å². The fourth-order valence-corrected chi connectivity index (χ4v) is 3.79. The van der Waals surface area contributed by atoms with E-state index in [-0.39, 0.29) is 23.1 Å². The Labute approximate surface area is 198 Å². The molecule has 1 unspecified atom stereocenters. The number of aliphatic hydroxyl groups is 1. The zero-order valence-corrected chi connectivity index (χ0v) is 21.6. The normalized spacial score (nSPS) is 13.1. The van der Waals surface area contributed by atoms with E-state index in [4.69, 9.17) is 8.98 Å². The van der Waals surface area contributed by atoms with Gasteiger partial charge < -0.3 is 29.8 Å². The molecular weight excluding hydrogens is 488 g/mol. The third-order valence-corrected chi connectivity index (χ3v) is 10.6. The van der Waals surface area contributed by atoms with Crippen molar-refractivity contribution in [2.45, 2.75) is 63.4 Å². The predicted octanol–water partition coefficient (Wildman–Crippen LogP) is 3.32. The third kappa shape index (κ3) is 8.57. The van der Waals surface area contributed by atoms with Crippen molar-refractivity contribution in [1.82, 2.24) is 9.55 Å². The fourth-order valence-electron chi connectivity index (χ4n) is 2.27. The Kier molecular flexibility index (Phi) is 9.60. The monoisotopic (exact) mass is 518 g/mol. The van der Waals surface area contributed by atoms with E-state index in [2.05, 4.69) is 25.8 Å². The lowest BCUT2D eigenvalue weighted by atomic mass is 10.2. The third-order valence-electron chi connectivity index (χ3n) is 5.26. The van der Waals surface area contributed by atoms with Crippen molar-refractivity contribution >= 4 is 30.2 Å². The van der Waals surface area contributed by atoms with Crippen LogP contribution in [0.3, 0.4) is 0 Å². The number of imidazole rings is 1. The molecule has 1 aromatic heterocycles. The molecule has 34 heavy (non-hydrogen) atoms. The number of benzene rings is 1. The average Bonchev–Trinajstić information content (AvgIpc) is 3.10. The van der Waals surface area contributed by atoms with Gasteiger partial charge in [-0.3, -0.25) is 4.55 Å². The molecule has 2 rings (SSSR count). The lowest BCUT2D eigenvalue weighted by Gasteiger charge is -2.36. The van der Waals surface area contributed by atoms with Gasteiger partial charge in [0.2, 0.25) is 0 Å². The van der Waals surface area contributed by atoms with Gasteiger partial charge in [0.05, 0.1) is 18.0 Å². The summed E-state index contributed by atoms with van der Waals surface area (Å²) in [5.74, 6) is -1.31. The highest BCUT2D eigenvalue weighted by atomic mass is 32.2. The summed E-state index contributed by atoms with van der Waals surface area (Å²) in [6.45, 7) is 11.8. The molecule has 0 aliphatic carbocycles. The minimum atomic E-state index is -4.02. The van der Waals surface area contributed by atoms with Crippen molar-refractivity contribution in [1.29, 1.82) is 0 Å². The Bertz CT molecular complexity index is 1110. The van der Waals surface area contributed by atoms with E-state index in [0.29, 0.717) is 0 Å². The molecule has 0 aliphatic rings. The molecule has 15 heteroatoms. The van der Waals surface area contributed by atoms with Crippen molar-refractivity contribution < 1.29 is 32.3 Å². The molecule has 190 valence electrons. The van der Waals surface area contributed by atoms with E-state index in [1.165, 1.54) is 12.1 Å². The zero-order chi connectivity index (χ0) is 26.5. The first kappa shape index (κ1) is 29.3. The molecule has 1 atom stereocenters.